The summed E-state index contributed by atoms with van der Waals surface area (Å²) in [5.74, 6) is -2.31. The third-order valence-electron chi connectivity index (χ3n) is 9.68. The van der Waals surface area contributed by atoms with Gasteiger partial charge in [-0.3, -0.25) is 0 Å². The van der Waals surface area contributed by atoms with Crippen LogP contribution in [0.1, 0.15) is 36.1 Å². The molecular formula is C38H36Cl4N6O5. The molecule has 53 heavy (non-hydrogen) atoms. The predicted octanol–water partition coefficient (Wildman–Crippen LogP) is 7.15. The van der Waals surface area contributed by atoms with E-state index in [1.807, 2.05) is 86.7 Å². The van der Waals surface area contributed by atoms with Crippen LogP contribution >= 0.6 is 46.4 Å². The van der Waals surface area contributed by atoms with Crippen molar-refractivity contribution in [2.24, 2.45) is 0 Å². The summed E-state index contributed by atoms with van der Waals surface area (Å²) in [6.45, 7) is 5.26. The van der Waals surface area contributed by atoms with Gasteiger partial charge in [0.2, 0.25) is 11.6 Å². The van der Waals surface area contributed by atoms with Crippen molar-refractivity contribution in [3.63, 3.8) is 0 Å². The van der Waals surface area contributed by atoms with Crippen molar-refractivity contribution in [1.82, 2.24) is 29.5 Å². The third kappa shape index (κ3) is 6.81. The topological polar surface area (TPSA) is 108 Å². The minimum Gasteiger partial charge on any atom is -0.359 e. The molecule has 0 bridgehead atoms. The SMILES string of the molecule is CC1COC(Cn2cncn2)(c2ccccc2[C@]2(Cl)C=C[C@H](O[C@H]3C=C[C@@](Cl)(c4ccccc4C4(Cn5cncn5)OCC(C)O4)C(Cl)=C3)C=C2Cl)O1. The van der Waals surface area contributed by atoms with Crippen molar-refractivity contribution in [2.45, 2.75) is 72.7 Å². The Morgan fingerprint density at radius 3 is 1.43 bits per heavy atom. The molecule has 276 valence electrons. The number of hydrogen-bond donors (Lipinski definition) is 0. The first-order valence-electron chi connectivity index (χ1n) is 17.2. The molecule has 4 aromatic rings. The maximum absolute atomic E-state index is 7.40. The van der Waals surface area contributed by atoms with Crippen LogP contribution in [0.2, 0.25) is 0 Å². The van der Waals surface area contributed by atoms with Gasteiger partial charge in [-0.25, -0.2) is 19.3 Å². The van der Waals surface area contributed by atoms with Crippen LogP contribution in [0.3, 0.4) is 0 Å². The van der Waals surface area contributed by atoms with Crippen molar-refractivity contribution >= 4 is 46.4 Å². The van der Waals surface area contributed by atoms with E-state index in [1.165, 1.54) is 12.7 Å². The summed E-state index contributed by atoms with van der Waals surface area (Å²) in [7, 11) is 0. The summed E-state index contributed by atoms with van der Waals surface area (Å²) >= 11 is 28.9. The van der Waals surface area contributed by atoms with Crippen molar-refractivity contribution < 1.29 is 23.7 Å². The van der Waals surface area contributed by atoms with Crippen molar-refractivity contribution in [3.05, 3.63) is 143 Å². The second-order valence-corrected chi connectivity index (χ2v) is 15.5. The number of alkyl halides is 2. The number of aromatic nitrogens is 6. The summed E-state index contributed by atoms with van der Waals surface area (Å²) < 4.78 is 35.3. The van der Waals surface area contributed by atoms with Gasteiger partial charge >= 0.3 is 0 Å². The quantitative estimate of drug-likeness (QED) is 0.122. The van der Waals surface area contributed by atoms with E-state index in [2.05, 4.69) is 20.2 Å². The Morgan fingerprint density at radius 1 is 0.679 bits per heavy atom. The minimum atomic E-state index is -1.22. The fourth-order valence-corrected chi connectivity index (χ4v) is 8.45. The van der Waals surface area contributed by atoms with E-state index in [0.29, 0.717) is 34.4 Å². The monoisotopic (exact) mass is 796 g/mol. The Bertz CT molecular complexity index is 1930. The smallest absolute Gasteiger partial charge is 0.216 e. The van der Waals surface area contributed by atoms with Crippen LogP contribution in [0, 0.1) is 0 Å². The lowest BCUT2D eigenvalue weighted by atomic mass is 9.85. The fourth-order valence-electron chi connectivity index (χ4n) is 7.27. The number of nitrogens with zero attached hydrogens (tertiary/aromatic N) is 6. The summed E-state index contributed by atoms with van der Waals surface area (Å²) in [5, 5.41) is 9.30. The Morgan fingerprint density at radius 2 is 1.09 bits per heavy atom. The normalized spacial score (nSPS) is 34.0. The number of rotatable bonds is 10. The zero-order valence-corrected chi connectivity index (χ0v) is 31.8. The molecular weight excluding hydrogens is 762 g/mol. The van der Waals surface area contributed by atoms with Crippen molar-refractivity contribution in [3.8, 4) is 0 Å². The van der Waals surface area contributed by atoms with Gasteiger partial charge in [0.25, 0.3) is 0 Å². The average molecular weight is 799 g/mol. The van der Waals surface area contributed by atoms with Gasteiger partial charge in [-0.1, -0.05) is 96.0 Å². The van der Waals surface area contributed by atoms with Gasteiger partial charge in [-0.05, 0) is 37.1 Å². The molecule has 2 aromatic heterocycles. The lowest BCUT2D eigenvalue weighted by molar-refractivity contribution is -0.187. The first kappa shape index (κ1) is 36.6. The van der Waals surface area contributed by atoms with Crippen LogP contribution in [0.25, 0.3) is 0 Å². The number of halogens is 4. The van der Waals surface area contributed by atoms with Crippen LogP contribution in [0.5, 0.6) is 0 Å². The zero-order valence-electron chi connectivity index (χ0n) is 28.8. The van der Waals surface area contributed by atoms with Crippen LogP contribution in [-0.2, 0) is 58.1 Å². The van der Waals surface area contributed by atoms with E-state index in [9.17, 15) is 0 Å². The van der Waals surface area contributed by atoms with Gasteiger partial charge in [0, 0.05) is 21.2 Å². The highest BCUT2D eigenvalue weighted by molar-refractivity contribution is 6.41. The standard InChI is InChI=1S/C38H36Cl4N6O5/c1-25-17-49-37(52-25,19-47-23-43-21-45-47)31-9-5-3-7-29(31)35(41)13-11-27(15-33(35)39)51-28-12-14-36(42,34(40)16-28)30-8-4-6-10-32(30)38(50-18-26(2)53-38)20-48-24-44-22-46-48/h3-16,21-28H,17-20H2,1-2H3/t25?,26?,27-,28-,35+,36+,37?,38?/m0/s1. The molecule has 2 aromatic carbocycles. The predicted molar refractivity (Wildman–Crippen MR) is 199 cm³/mol. The number of hydrogen-bond acceptors (Lipinski definition) is 9. The molecule has 4 heterocycles. The summed E-state index contributed by atoms with van der Waals surface area (Å²) in [5.41, 5.74) is 2.90. The largest absolute Gasteiger partial charge is 0.359 e. The van der Waals surface area contributed by atoms with Gasteiger partial charge in [0.1, 0.15) is 48.1 Å². The molecule has 0 radical (unpaired) electrons. The third-order valence-corrected chi connectivity index (χ3v) is 11.8. The maximum atomic E-state index is 7.40. The zero-order chi connectivity index (χ0) is 36.8. The van der Waals surface area contributed by atoms with E-state index in [1.54, 1.807) is 34.2 Å². The molecule has 0 saturated carbocycles. The highest BCUT2D eigenvalue weighted by Crippen LogP contribution is 2.51. The molecule has 0 amide bonds. The highest BCUT2D eigenvalue weighted by atomic mass is 35.5. The Kier molecular flexibility index (Phi) is 9.93. The molecule has 0 spiro atoms. The van der Waals surface area contributed by atoms with Crippen LogP contribution in [0.15, 0.2) is 120 Å². The molecule has 15 heteroatoms. The molecule has 4 unspecified atom stereocenters. The van der Waals surface area contributed by atoms with E-state index in [-0.39, 0.29) is 25.3 Å². The van der Waals surface area contributed by atoms with Crippen LogP contribution < -0.4 is 0 Å². The van der Waals surface area contributed by atoms with Crippen LogP contribution in [-0.4, -0.2) is 67.2 Å². The molecule has 0 N–H and O–H groups in total. The van der Waals surface area contributed by atoms with Gasteiger partial charge in [0.15, 0.2) is 0 Å². The fraction of sp³-hybridized carbons (Fsp3) is 0.368. The minimum absolute atomic E-state index is 0.152. The van der Waals surface area contributed by atoms with E-state index in [0.717, 1.165) is 11.1 Å². The van der Waals surface area contributed by atoms with Crippen molar-refractivity contribution in [1.29, 1.82) is 0 Å². The molecule has 2 aliphatic carbocycles. The van der Waals surface area contributed by atoms with E-state index >= 15 is 0 Å². The Balaban J connectivity index is 1.03. The van der Waals surface area contributed by atoms with Gasteiger partial charge < -0.3 is 23.7 Å². The second-order valence-electron chi connectivity index (χ2n) is 13.5. The summed E-state index contributed by atoms with van der Waals surface area (Å²) in [6.07, 6.45) is 15.8. The molecule has 11 nitrogen and oxygen atoms in total. The lowest BCUT2D eigenvalue weighted by Gasteiger charge is -2.37. The first-order chi connectivity index (χ1) is 25.5. The summed E-state index contributed by atoms with van der Waals surface area (Å²) in [4.78, 5) is 5.73. The van der Waals surface area contributed by atoms with Crippen LogP contribution in [0.4, 0.5) is 0 Å². The number of allylic oxidation sites excluding steroid dienone is 4. The van der Waals surface area contributed by atoms with Gasteiger partial charge in [-0.15, -0.1) is 23.2 Å². The molecule has 2 aliphatic heterocycles. The Labute approximate surface area is 326 Å². The molecule has 4 aliphatic rings. The van der Waals surface area contributed by atoms with Crippen molar-refractivity contribution in [2.75, 3.05) is 13.2 Å². The van der Waals surface area contributed by atoms with E-state index < -0.39 is 33.5 Å². The maximum Gasteiger partial charge on any atom is 0.216 e. The second kappa shape index (κ2) is 14.4. The lowest BCUT2D eigenvalue weighted by Crippen LogP contribution is -2.37. The van der Waals surface area contributed by atoms with E-state index in [4.69, 9.17) is 70.1 Å². The number of benzene rings is 2. The molecule has 2 fully saturated rings. The average Bonchev–Trinajstić information content (AvgIpc) is 3.99. The van der Waals surface area contributed by atoms with Gasteiger partial charge in [0.05, 0.1) is 37.6 Å². The molecule has 2 saturated heterocycles. The highest BCUT2D eigenvalue weighted by Gasteiger charge is 2.49. The summed E-state index contributed by atoms with van der Waals surface area (Å²) in [6, 6.07) is 15.4. The molecule has 8 rings (SSSR count). The Hall–Kier alpha value is -3.36. The first-order valence-corrected chi connectivity index (χ1v) is 18.7. The number of ether oxygens (including phenoxy) is 5. The van der Waals surface area contributed by atoms with Gasteiger partial charge in [-0.2, -0.15) is 10.2 Å². The molecule has 8 atom stereocenters.